The number of nitrogens with zero attached hydrogens (tertiary/aromatic N) is 2. The first kappa shape index (κ1) is 16.9. The summed E-state index contributed by atoms with van der Waals surface area (Å²) in [6.07, 6.45) is 6.69. The van der Waals surface area contributed by atoms with Crippen LogP contribution in [0.25, 0.3) is 0 Å². The number of likely N-dealkylation sites (N-methyl/N-ethyl adjacent to an activating group) is 1. The lowest BCUT2D eigenvalue weighted by molar-refractivity contribution is -0.955. The summed E-state index contributed by atoms with van der Waals surface area (Å²) < 4.78 is 0.792. The molecule has 1 heterocycles. The Labute approximate surface area is 141 Å². The van der Waals surface area contributed by atoms with Crippen molar-refractivity contribution in [3.8, 4) is 0 Å². The lowest BCUT2D eigenvalue weighted by Gasteiger charge is -2.44. The lowest BCUT2D eigenvalue weighted by atomic mass is 9.82. The van der Waals surface area contributed by atoms with E-state index in [9.17, 15) is 5.11 Å². The van der Waals surface area contributed by atoms with Crippen molar-refractivity contribution >= 4 is 0 Å². The molecule has 1 aliphatic carbocycles. The summed E-state index contributed by atoms with van der Waals surface area (Å²) >= 11 is 0. The maximum Gasteiger partial charge on any atom is 0.187 e. The quantitative estimate of drug-likeness (QED) is 0.861. The molecule has 3 nitrogen and oxygen atoms in total. The van der Waals surface area contributed by atoms with Crippen molar-refractivity contribution in [2.75, 3.05) is 33.2 Å². The molecule has 0 radical (unpaired) electrons. The second-order valence-corrected chi connectivity index (χ2v) is 7.87. The van der Waals surface area contributed by atoms with Crippen LogP contribution in [0.4, 0.5) is 0 Å². The van der Waals surface area contributed by atoms with Crippen molar-refractivity contribution in [2.45, 2.75) is 57.7 Å². The highest BCUT2D eigenvalue weighted by Crippen LogP contribution is 2.34. The van der Waals surface area contributed by atoms with E-state index >= 15 is 0 Å². The Morgan fingerprint density at radius 1 is 1.13 bits per heavy atom. The molecular formula is C20H33N2O+. The minimum Gasteiger partial charge on any atom is -0.345 e. The number of aliphatic hydroxyl groups excluding tert-OH is 1. The van der Waals surface area contributed by atoms with Crippen LogP contribution in [-0.2, 0) is 6.54 Å². The molecule has 2 fully saturated rings. The fourth-order valence-electron chi connectivity index (χ4n) is 4.23. The van der Waals surface area contributed by atoms with E-state index in [2.05, 4.69) is 36.2 Å². The van der Waals surface area contributed by atoms with Gasteiger partial charge in [0.2, 0.25) is 0 Å². The third-order valence-corrected chi connectivity index (χ3v) is 6.25. The van der Waals surface area contributed by atoms with Gasteiger partial charge in [-0.2, -0.15) is 0 Å². The van der Waals surface area contributed by atoms with Crippen LogP contribution in [0.2, 0.25) is 0 Å². The zero-order valence-corrected chi connectivity index (χ0v) is 14.9. The normalized spacial score (nSPS) is 24.5. The molecule has 1 saturated carbocycles. The van der Waals surface area contributed by atoms with Gasteiger partial charge >= 0.3 is 0 Å². The van der Waals surface area contributed by atoms with E-state index in [1.165, 1.54) is 37.7 Å². The molecule has 1 atom stereocenters. The van der Waals surface area contributed by atoms with Gasteiger partial charge in [-0.25, -0.2) is 0 Å². The van der Waals surface area contributed by atoms with Gasteiger partial charge in [0, 0.05) is 26.6 Å². The third-order valence-electron chi connectivity index (χ3n) is 6.25. The fourth-order valence-corrected chi connectivity index (χ4v) is 4.23. The van der Waals surface area contributed by atoms with Crippen LogP contribution >= 0.6 is 0 Å². The Kier molecular flexibility index (Phi) is 5.40. The summed E-state index contributed by atoms with van der Waals surface area (Å²) in [6, 6.07) is 9.11. The fraction of sp³-hybridized carbons (Fsp3) is 0.700. The van der Waals surface area contributed by atoms with Crippen LogP contribution in [0.3, 0.4) is 0 Å². The van der Waals surface area contributed by atoms with Gasteiger partial charge in [-0.3, -0.25) is 9.38 Å². The van der Waals surface area contributed by atoms with Gasteiger partial charge in [-0.1, -0.05) is 43.5 Å². The zero-order valence-electron chi connectivity index (χ0n) is 14.9. The van der Waals surface area contributed by atoms with E-state index in [4.69, 9.17) is 0 Å². The molecule has 1 N–H and O–H groups in total. The van der Waals surface area contributed by atoms with Gasteiger partial charge < -0.3 is 5.11 Å². The Bertz CT molecular complexity index is 500. The van der Waals surface area contributed by atoms with Crippen LogP contribution in [0.15, 0.2) is 24.3 Å². The minimum atomic E-state index is -0.258. The Balaban J connectivity index is 1.65. The molecule has 3 rings (SSSR count). The van der Waals surface area contributed by atoms with E-state index in [-0.39, 0.29) is 6.23 Å². The molecule has 0 bridgehead atoms. The smallest absolute Gasteiger partial charge is 0.187 e. The molecule has 1 saturated heterocycles. The monoisotopic (exact) mass is 317 g/mol. The summed E-state index contributed by atoms with van der Waals surface area (Å²) in [5.41, 5.74) is 3.14. The van der Waals surface area contributed by atoms with E-state index in [1.54, 1.807) is 5.56 Å². The molecule has 0 amide bonds. The Hall–Kier alpha value is -0.900. The summed E-state index contributed by atoms with van der Waals surface area (Å²) in [5.74, 6) is 0.781. The molecule has 0 aromatic heterocycles. The number of piperazine rings is 1. The molecule has 1 aliphatic heterocycles. The molecule has 1 aromatic carbocycles. The van der Waals surface area contributed by atoms with Crippen LogP contribution < -0.4 is 0 Å². The highest BCUT2D eigenvalue weighted by atomic mass is 16.3. The number of hydrogen-bond donors (Lipinski definition) is 1. The van der Waals surface area contributed by atoms with Crippen molar-refractivity contribution in [1.82, 2.24) is 4.90 Å². The number of rotatable bonds is 4. The maximum atomic E-state index is 9.98. The summed E-state index contributed by atoms with van der Waals surface area (Å²) in [5, 5.41) is 9.98. The average molecular weight is 317 g/mol. The standard InChI is InChI=1S/C20H33N2O/c1-17(23)22(2)14-12-21(13-15-22)16-19-10-6-7-11-20(19)18-8-4-3-5-9-18/h6-7,10-11,17-18,23H,3-5,8-9,12-16H2,1-2H3/q+1. The first-order valence-corrected chi connectivity index (χ1v) is 9.41. The van der Waals surface area contributed by atoms with Crippen LogP contribution in [0.1, 0.15) is 56.1 Å². The van der Waals surface area contributed by atoms with Crippen molar-refractivity contribution < 1.29 is 9.59 Å². The van der Waals surface area contributed by atoms with Gasteiger partial charge in [0.05, 0.1) is 20.1 Å². The third kappa shape index (κ3) is 3.96. The van der Waals surface area contributed by atoms with Gasteiger partial charge in [0.25, 0.3) is 0 Å². The second-order valence-electron chi connectivity index (χ2n) is 7.87. The van der Waals surface area contributed by atoms with Crippen LogP contribution in [-0.4, -0.2) is 53.9 Å². The van der Waals surface area contributed by atoms with E-state index < -0.39 is 0 Å². The van der Waals surface area contributed by atoms with Gasteiger partial charge in [0.1, 0.15) is 0 Å². The number of hydrogen-bond acceptors (Lipinski definition) is 2. The van der Waals surface area contributed by atoms with E-state index in [1.807, 2.05) is 6.92 Å². The molecule has 23 heavy (non-hydrogen) atoms. The molecule has 1 unspecified atom stereocenters. The average Bonchev–Trinajstić information content (AvgIpc) is 2.58. The van der Waals surface area contributed by atoms with Gasteiger partial charge in [-0.05, 0) is 29.9 Å². The van der Waals surface area contributed by atoms with Gasteiger partial charge in [-0.15, -0.1) is 0 Å². The molecule has 1 aromatic rings. The SMILES string of the molecule is CC(O)[N+]1(C)CCN(Cc2ccccc2C2CCCCC2)CC1. The minimum absolute atomic E-state index is 0.258. The first-order chi connectivity index (χ1) is 11.1. The van der Waals surface area contributed by atoms with Crippen molar-refractivity contribution in [1.29, 1.82) is 0 Å². The topological polar surface area (TPSA) is 23.5 Å². The predicted molar refractivity (Wildman–Crippen MR) is 95.1 cm³/mol. The molecule has 0 spiro atoms. The van der Waals surface area contributed by atoms with Crippen LogP contribution in [0, 0.1) is 0 Å². The number of benzene rings is 1. The summed E-state index contributed by atoms with van der Waals surface area (Å²) in [7, 11) is 2.18. The predicted octanol–water partition coefficient (Wildman–Crippen LogP) is 3.33. The largest absolute Gasteiger partial charge is 0.345 e. The van der Waals surface area contributed by atoms with E-state index in [0.717, 1.165) is 43.1 Å². The summed E-state index contributed by atoms with van der Waals surface area (Å²) in [4.78, 5) is 2.57. The second kappa shape index (κ2) is 7.33. The number of aliphatic hydroxyl groups is 1. The Morgan fingerprint density at radius 2 is 1.78 bits per heavy atom. The molecule has 128 valence electrons. The molecule has 3 heteroatoms. The highest BCUT2D eigenvalue weighted by Gasteiger charge is 2.32. The summed E-state index contributed by atoms with van der Waals surface area (Å²) in [6.45, 7) is 7.26. The molecular weight excluding hydrogens is 284 g/mol. The molecule has 2 aliphatic rings. The lowest BCUT2D eigenvalue weighted by Crippen LogP contribution is -2.60. The first-order valence-electron chi connectivity index (χ1n) is 9.41. The highest BCUT2D eigenvalue weighted by molar-refractivity contribution is 5.30. The van der Waals surface area contributed by atoms with Crippen molar-refractivity contribution in [3.63, 3.8) is 0 Å². The van der Waals surface area contributed by atoms with Crippen LogP contribution in [0.5, 0.6) is 0 Å². The number of quaternary nitrogens is 1. The van der Waals surface area contributed by atoms with Gasteiger partial charge in [0.15, 0.2) is 6.23 Å². The van der Waals surface area contributed by atoms with E-state index in [0.29, 0.717) is 0 Å². The maximum absolute atomic E-state index is 9.98. The van der Waals surface area contributed by atoms with Crippen molar-refractivity contribution in [3.05, 3.63) is 35.4 Å². The zero-order chi connectivity index (χ0) is 16.3. The van der Waals surface area contributed by atoms with Crippen molar-refractivity contribution in [2.24, 2.45) is 0 Å². The Morgan fingerprint density at radius 3 is 2.43 bits per heavy atom.